The van der Waals surface area contributed by atoms with Crippen LogP contribution in [0.15, 0.2) is 42.5 Å². The molecule has 0 saturated heterocycles. The molecule has 0 N–H and O–H groups in total. The number of rotatable bonds is 8. The fraction of sp³-hybridized carbons (Fsp3) is 0.375. The first-order valence-corrected chi connectivity index (χ1v) is 9.58. The first kappa shape index (κ1) is 20.7. The SMILES string of the molecule is CCCCC(CC)COc1ccc(C#Cc2ccc(C(C)=O)cc2)cc1F. The molecule has 0 heterocycles. The van der Waals surface area contributed by atoms with Crippen LogP contribution in [0.4, 0.5) is 4.39 Å². The molecule has 0 spiro atoms. The molecule has 3 heteroatoms. The highest BCUT2D eigenvalue weighted by molar-refractivity contribution is 5.94. The summed E-state index contributed by atoms with van der Waals surface area (Å²) in [6.07, 6.45) is 4.48. The van der Waals surface area contributed by atoms with Crippen LogP contribution in [0.3, 0.4) is 0 Å². The Morgan fingerprint density at radius 2 is 1.74 bits per heavy atom. The van der Waals surface area contributed by atoms with Crippen molar-refractivity contribution in [3.63, 3.8) is 0 Å². The number of carbonyl (C=O) groups excluding carboxylic acids is 1. The first-order valence-electron chi connectivity index (χ1n) is 9.58. The van der Waals surface area contributed by atoms with Crippen LogP contribution in [0.2, 0.25) is 0 Å². The Morgan fingerprint density at radius 3 is 2.33 bits per heavy atom. The maximum atomic E-state index is 14.3. The average Bonchev–Trinajstić information content (AvgIpc) is 2.68. The number of carbonyl (C=O) groups is 1. The van der Waals surface area contributed by atoms with Gasteiger partial charge in [-0.3, -0.25) is 4.79 Å². The molecule has 0 aliphatic carbocycles. The lowest BCUT2D eigenvalue weighted by molar-refractivity contribution is 0.101. The molecular formula is C24H27FO2. The second kappa shape index (κ2) is 10.5. The molecule has 0 aliphatic heterocycles. The molecule has 0 fully saturated rings. The summed E-state index contributed by atoms with van der Waals surface area (Å²) >= 11 is 0. The van der Waals surface area contributed by atoms with Gasteiger partial charge in [0.05, 0.1) is 6.61 Å². The highest BCUT2D eigenvalue weighted by atomic mass is 19.1. The van der Waals surface area contributed by atoms with Gasteiger partial charge in [0.25, 0.3) is 0 Å². The summed E-state index contributed by atoms with van der Waals surface area (Å²) in [5, 5.41) is 0. The number of Topliss-reactive ketones (excluding diaryl/α,β-unsaturated/α-hetero) is 1. The van der Waals surface area contributed by atoms with Crippen LogP contribution < -0.4 is 4.74 Å². The third-order valence-corrected chi connectivity index (χ3v) is 4.59. The largest absolute Gasteiger partial charge is 0.490 e. The van der Waals surface area contributed by atoms with E-state index >= 15 is 0 Å². The fourth-order valence-corrected chi connectivity index (χ4v) is 2.73. The third kappa shape index (κ3) is 6.57. The average molecular weight is 366 g/mol. The molecule has 0 amide bonds. The van der Waals surface area contributed by atoms with E-state index in [1.807, 2.05) is 0 Å². The molecule has 2 nitrogen and oxygen atoms in total. The Labute approximate surface area is 161 Å². The van der Waals surface area contributed by atoms with E-state index in [0.717, 1.165) is 24.8 Å². The predicted molar refractivity (Wildman–Crippen MR) is 108 cm³/mol. The Bertz CT molecular complexity index is 813. The van der Waals surface area contributed by atoms with E-state index in [1.54, 1.807) is 36.4 Å². The zero-order valence-corrected chi connectivity index (χ0v) is 16.3. The van der Waals surface area contributed by atoms with Crippen molar-refractivity contribution < 1.29 is 13.9 Å². The zero-order chi connectivity index (χ0) is 19.6. The molecular weight excluding hydrogens is 339 g/mol. The van der Waals surface area contributed by atoms with Crippen molar-refractivity contribution in [1.82, 2.24) is 0 Å². The topological polar surface area (TPSA) is 26.3 Å². The molecule has 2 aromatic rings. The van der Waals surface area contributed by atoms with Crippen LogP contribution in [0.1, 0.15) is 67.9 Å². The smallest absolute Gasteiger partial charge is 0.166 e. The second-order valence-electron chi connectivity index (χ2n) is 6.76. The molecule has 1 atom stereocenters. The van der Waals surface area contributed by atoms with Gasteiger partial charge in [-0.1, -0.05) is 57.1 Å². The van der Waals surface area contributed by atoms with E-state index < -0.39 is 0 Å². The molecule has 2 rings (SSSR count). The minimum Gasteiger partial charge on any atom is -0.490 e. The molecule has 2 aromatic carbocycles. The van der Waals surface area contributed by atoms with Crippen LogP contribution >= 0.6 is 0 Å². The number of unbranched alkanes of at least 4 members (excludes halogenated alkanes) is 1. The molecule has 142 valence electrons. The van der Waals surface area contributed by atoms with Crippen molar-refractivity contribution in [2.45, 2.75) is 46.5 Å². The molecule has 0 aliphatic rings. The Kier molecular flexibility index (Phi) is 8.07. The Balaban J connectivity index is 2.01. The maximum Gasteiger partial charge on any atom is 0.166 e. The van der Waals surface area contributed by atoms with Crippen molar-refractivity contribution in [3.8, 4) is 17.6 Å². The monoisotopic (exact) mass is 366 g/mol. The lowest BCUT2D eigenvalue weighted by Gasteiger charge is -2.15. The van der Waals surface area contributed by atoms with E-state index in [0.29, 0.717) is 23.7 Å². The van der Waals surface area contributed by atoms with Gasteiger partial charge in [0, 0.05) is 16.7 Å². The second-order valence-corrected chi connectivity index (χ2v) is 6.76. The van der Waals surface area contributed by atoms with Gasteiger partial charge >= 0.3 is 0 Å². The van der Waals surface area contributed by atoms with Gasteiger partial charge in [-0.2, -0.15) is 0 Å². The van der Waals surface area contributed by atoms with Gasteiger partial charge in [0.15, 0.2) is 17.3 Å². The van der Waals surface area contributed by atoms with Crippen LogP contribution in [-0.4, -0.2) is 12.4 Å². The minimum atomic E-state index is -0.390. The Morgan fingerprint density at radius 1 is 1.07 bits per heavy atom. The lowest BCUT2D eigenvalue weighted by Crippen LogP contribution is -2.12. The van der Waals surface area contributed by atoms with Crippen molar-refractivity contribution in [1.29, 1.82) is 0 Å². The molecule has 0 radical (unpaired) electrons. The summed E-state index contributed by atoms with van der Waals surface area (Å²) in [7, 11) is 0. The molecule has 1 unspecified atom stereocenters. The van der Waals surface area contributed by atoms with E-state index in [-0.39, 0.29) is 17.3 Å². The quantitative estimate of drug-likeness (QED) is 0.421. The van der Waals surface area contributed by atoms with E-state index in [2.05, 4.69) is 25.7 Å². The van der Waals surface area contributed by atoms with E-state index in [1.165, 1.54) is 19.4 Å². The van der Waals surface area contributed by atoms with Gasteiger partial charge in [-0.15, -0.1) is 0 Å². The summed E-state index contributed by atoms with van der Waals surface area (Å²) < 4.78 is 20.0. The summed E-state index contributed by atoms with van der Waals surface area (Å²) in [6.45, 7) is 6.38. The van der Waals surface area contributed by atoms with Gasteiger partial charge in [-0.25, -0.2) is 4.39 Å². The van der Waals surface area contributed by atoms with Gasteiger partial charge in [0.1, 0.15) is 0 Å². The van der Waals surface area contributed by atoms with Crippen LogP contribution in [-0.2, 0) is 0 Å². The van der Waals surface area contributed by atoms with Crippen LogP contribution in [0.25, 0.3) is 0 Å². The van der Waals surface area contributed by atoms with Gasteiger partial charge in [0.2, 0.25) is 0 Å². The standard InChI is InChI=1S/C24H27FO2/c1-4-6-7-19(5-2)17-27-24-15-12-21(16-23(24)25)9-8-20-10-13-22(14-11-20)18(3)26/h10-16,19H,4-7,17H2,1-3H3. The van der Waals surface area contributed by atoms with Crippen LogP contribution in [0, 0.1) is 23.6 Å². The van der Waals surface area contributed by atoms with Crippen molar-refractivity contribution in [2.75, 3.05) is 6.61 Å². The normalized spacial score (nSPS) is 11.4. The zero-order valence-electron chi connectivity index (χ0n) is 16.3. The number of ether oxygens (including phenoxy) is 1. The van der Waals surface area contributed by atoms with Crippen molar-refractivity contribution in [3.05, 3.63) is 65.0 Å². The van der Waals surface area contributed by atoms with E-state index in [4.69, 9.17) is 4.74 Å². The number of hydrogen-bond donors (Lipinski definition) is 0. The summed E-state index contributed by atoms with van der Waals surface area (Å²) in [5.74, 6) is 6.31. The number of benzene rings is 2. The van der Waals surface area contributed by atoms with Crippen molar-refractivity contribution in [2.24, 2.45) is 5.92 Å². The minimum absolute atomic E-state index is 0.0205. The number of hydrogen-bond acceptors (Lipinski definition) is 2. The molecule has 0 aromatic heterocycles. The molecule has 0 bridgehead atoms. The highest BCUT2D eigenvalue weighted by Crippen LogP contribution is 2.21. The Hall–Kier alpha value is -2.60. The van der Waals surface area contributed by atoms with Crippen LogP contribution in [0.5, 0.6) is 5.75 Å². The third-order valence-electron chi connectivity index (χ3n) is 4.59. The predicted octanol–water partition coefficient (Wildman–Crippen LogP) is 6.02. The highest BCUT2D eigenvalue weighted by Gasteiger charge is 2.09. The summed E-state index contributed by atoms with van der Waals surface area (Å²) in [5.41, 5.74) is 2.02. The van der Waals surface area contributed by atoms with Gasteiger partial charge < -0.3 is 4.74 Å². The molecule has 27 heavy (non-hydrogen) atoms. The summed E-state index contributed by atoms with van der Waals surface area (Å²) in [4.78, 5) is 11.3. The number of halogens is 1. The van der Waals surface area contributed by atoms with Gasteiger partial charge in [-0.05, 0) is 49.6 Å². The molecule has 0 saturated carbocycles. The maximum absolute atomic E-state index is 14.3. The number of ketones is 1. The van der Waals surface area contributed by atoms with Crippen molar-refractivity contribution >= 4 is 5.78 Å². The lowest BCUT2D eigenvalue weighted by atomic mass is 10.0. The first-order chi connectivity index (χ1) is 13.0. The summed E-state index contributed by atoms with van der Waals surface area (Å²) in [6, 6.07) is 11.9. The fourth-order valence-electron chi connectivity index (χ4n) is 2.73. The van der Waals surface area contributed by atoms with E-state index in [9.17, 15) is 9.18 Å².